The van der Waals surface area contributed by atoms with Crippen LogP contribution in [0.1, 0.15) is 69.9 Å². The van der Waals surface area contributed by atoms with Gasteiger partial charge in [-0.2, -0.15) is 0 Å². The van der Waals surface area contributed by atoms with Crippen LogP contribution >= 0.6 is 0 Å². The molecule has 0 bridgehead atoms. The molecule has 2 nitrogen and oxygen atoms in total. The lowest BCUT2D eigenvalue weighted by atomic mass is 9.95. The van der Waals surface area contributed by atoms with Gasteiger partial charge in [0.25, 0.3) is 0 Å². The van der Waals surface area contributed by atoms with Crippen LogP contribution in [0.15, 0.2) is 24.3 Å². The van der Waals surface area contributed by atoms with Crippen LogP contribution in [0.25, 0.3) is 0 Å². The molecule has 1 atom stereocenters. The summed E-state index contributed by atoms with van der Waals surface area (Å²) in [4.78, 5) is 0. The molecule has 0 spiro atoms. The van der Waals surface area contributed by atoms with Crippen LogP contribution in [0.2, 0.25) is 0 Å². The molecule has 1 aromatic rings. The Morgan fingerprint density at radius 3 is 1.90 bits per heavy atom. The van der Waals surface area contributed by atoms with Crippen LogP contribution in [0.3, 0.4) is 0 Å². The molecule has 0 amide bonds. The van der Waals surface area contributed by atoms with E-state index in [1.54, 1.807) is 0 Å². The van der Waals surface area contributed by atoms with E-state index in [9.17, 15) is 0 Å². The summed E-state index contributed by atoms with van der Waals surface area (Å²) in [5.74, 6) is 0. The van der Waals surface area contributed by atoms with Crippen molar-refractivity contribution in [3.8, 4) is 0 Å². The van der Waals surface area contributed by atoms with E-state index >= 15 is 0 Å². The maximum absolute atomic E-state index is 9.12. The standard InChI is InChI=1S/C19H33NO/c1-3-4-5-6-9-17-11-13-18(14-12-17)10-7-8-15-19(2,20)16-21/h11-14,21H,3-10,15-16,20H2,1-2H3. The number of nitrogens with two attached hydrogens (primary N) is 1. The normalized spacial score (nSPS) is 14.1. The van der Waals surface area contributed by atoms with E-state index in [1.165, 1.54) is 43.2 Å². The van der Waals surface area contributed by atoms with Crippen molar-refractivity contribution < 1.29 is 5.11 Å². The van der Waals surface area contributed by atoms with Crippen molar-refractivity contribution in [2.24, 2.45) is 5.73 Å². The molecule has 0 saturated carbocycles. The predicted molar refractivity (Wildman–Crippen MR) is 91.5 cm³/mol. The Labute approximate surface area is 130 Å². The molecule has 0 saturated heterocycles. The summed E-state index contributed by atoms with van der Waals surface area (Å²) in [5.41, 5.74) is 8.39. The summed E-state index contributed by atoms with van der Waals surface area (Å²) in [7, 11) is 0. The van der Waals surface area contributed by atoms with Gasteiger partial charge in [-0.05, 0) is 50.2 Å². The van der Waals surface area contributed by atoms with Gasteiger partial charge in [0.2, 0.25) is 0 Å². The summed E-state index contributed by atoms with van der Waals surface area (Å²) in [6, 6.07) is 9.09. The highest BCUT2D eigenvalue weighted by molar-refractivity contribution is 5.22. The zero-order valence-corrected chi connectivity index (χ0v) is 13.9. The third-order valence-corrected chi connectivity index (χ3v) is 4.17. The molecule has 1 aromatic carbocycles. The molecular weight excluding hydrogens is 258 g/mol. The number of hydrogen-bond donors (Lipinski definition) is 2. The first-order valence-corrected chi connectivity index (χ1v) is 8.55. The van der Waals surface area contributed by atoms with Crippen LogP contribution in [0, 0.1) is 0 Å². The monoisotopic (exact) mass is 291 g/mol. The zero-order valence-electron chi connectivity index (χ0n) is 13.9. The first-order valence-electron chi connectivity index (χ1n) is 8.55. The number of benzene rings is 1. The number of aliphatic hydroxyl groups excluding tert-OH is 1. The highest BCUT2D eigenvalue weighted by Crippen LogP contribution is 2.14. The second-order valence-electron chi connectivity index (χ2n) is 6.65. The van der Waals surface area contributed by atoms with E-state index in [0.717, 1.165) is 25.7 Å². The van der Waals surface area contributed by atoms with Crippen molar-refractivity contribution in [3.05, 3.63) is 35.4 Å². The maximum atomic E-state index is 9.12. The lowest BCUT2D eigenvalue weighted by Gasteiger charge is -2.21. The van der Waals surface area contributed by atoms with Crippen molar-refractivity contribution in [2.45, 2.75) is 77.2 Å². The Hall–Kier alpha value is -0.860. The maximum Gasteiger partial charge on any atom is 0.0608 e. The summed E-state index contributed by atoms with van der Waals surface area (Å²) in [6.07, 6.45) is 10.7. The molecule has 0 fully saturated rings. The molecular formula is C19H33NO. The number of hydrogen-bond acceptors (Lipinski definition) is 2. The van der Waals surface area contributed by atoms with E-state index in [0.29, 0.717) is 0 Å². The highest BCUT2D eigenvalue weighted by Gasteiger charge is 2.15. The fourth-order valence-corrected chi connectivity index (χ4v) is 2.57. The molecule has 0 aliphatic carbocycles. The summed E-state index contributed by atoms with van der Waals surface area (Å²) >= 11 is 0. The molecule has 1 unspecified atom stereocenters. The van der Waals surface area contributed by atoms with Crippen molar-refractivity contribution in [1.29, 1.82) is 0 Å². The lowest BCUT2D eigenvalue weighted by molar-refractivity contribution is 0.197. The van der Waals surface area contributed by atoms with E-state index in [4.69, 9.17) is 10.8 Å². The third kappa shape index (κ3) is 8.23. The van der Waals surface area contributed by atoms with Crippen molar-refractivity contribution in [3.63, 3.8) is 0 Å². The molecule has 0 aliphatic heterocycles. The second kappa shape index (κ2) is 9.97. The molecule has 2 heteroatoms. The van der Waals surface area contributed by atoms with Crippen LogP contribution in [-0.4, -0.2) is 17.3 Å². The largest absolute Gasteiger partial charge is 0.394 e. The average Bonchev–Trinajstić information content (AvgIpc) is 2.49. The first-order chi connectivity index (χ1) is 10.1. The summed E-state index contributed by atoms with van der Waals surface area (Å²) < 4.78 is 0. The quantitative estimate of drug-likeness (QED) is 0.599. The zero-order chi connectivity index (χ0) is 15.6. The van der Waals surface area contributed by atoms with Gasteiger partial charge < -0.3 is 10.8 Å². The molecule has 3 N–H and O–H groups in total. The minimum Gasteiger partial charge on any atom is -0.394 e. The molecule has 21 heavy (non-hydrogen) atoms. The van der Waals surface area contributed by atoms with Gasteiger partial charge in [-0.15, -0.1) is 0 Å². The third-order valence-electron chi connectivity index (χ3n) is 4.17. The topological polar surface area (TPSA) is 46.2 Å². The van der Waals surface area contributed by atoms with Crippen LogP contribution in [-0.2, 0) is 12.8 Å². The minimum absolute atomic E-state index is 0.0692. The van der Waals surface area contributed by atoms with Gasteiger partial charge >= 0.3 is 0 Å². The van der Waals surface area contributed by atoms with E-state index in [1.807, 2.05) is 6.92 Å². The number of unbranched alkanes of at least 4 members (excludes halogenated alkanes) is 4. The van der Waals surface area contributed by atoms with Crippen LogP contribution in [0.5, 0.6) is 0 Å². The van der Waals surface area contributed by atoms with E-state index < -0.39 is 5.54 Å². The SMILES string of the molecule is CCCCCCc1ccc(CCCCC(C)(N)CO)cc1. The molecule has 0 radical (unpaired) electrons. The summed E-state index contributed by atoms with van der Waals surface area (Å²) in [6.45, 7) is 4.24. The number of rotatable bonds is 11. The van der Waals surface area contributed by atoms with Gasteiger partial charge in [0, 0.05) is 5.54 Å². The highest BCUT2D eigenvalue weighted by atomic mass is 16.3. The predicted octanol–water partition coefficient (Wildman–Crippen LogP) is 4.23. The summed E-state index contributed by atoms with van der Waals surface area (Å²) in [5, 5.41) is 9.12. The van der Waals surface area contributed by atoms with Crippen LogP contribution < -0.4 is 5.73 Å². The Kier molecular flexibility index (Phi) is 8.63. The van der Waals surface area contributed by atoms with Gasteiger partial charge in [-0.25, -0.2) is 0 Å². The van der Waals surface area contributed by atoms with E-state index in [2.05, 4.69) is 31.2 Å². The smallest absolute Gasteiger partial charge is 0.0608 e. The van der Waals surface area contributed by atoms with Gasteiger partial charge in [-0.1, -0.05) is 56.9 Å². The van der Waals surface area contributed by atoms with Gasteiger partial charge in [0.15, 0.2) is 0 Å². The van der Waals surface area contributed by atoms with Gasteiger partial charge in [-0.3, -0.25) is 0 Å². The average molecular weight is 291 g/mol. The fourth-order valence-electron chi connectivity index (χ4n) is 2.57. The van der Waals surface area contributed by atoms with Crippen molar-refractivity contribution in [2.75, 3.05) is 6.61 Å². The molecule has 120 valence electrons. The van der Waals surface area contributed by atoms with Gasteiger partial charge in [0.1, 0.15) is 0 Å². The Morgan fingerprint density at radius 1 is 0.905 bits per heavy atom. The lowest BCUT2D eigenvalue weighted by Crippen LogP contribution is -2.39. The van der Waals surface area contributed by atoms with Crippen LogP contribution in [0.4, 0.5) is 0 Å². The molecule has 0 aliphatic rings. The van der Waals surface area contributed by atoms with Gasteiger partial charge in [0.05, 0.1) is 6.61 Å². The first kappa shape index (κ1) is 18.2. The Balaban J connectivity index is 2.22. The molecule has 0 heterocycles. The van der Waals surface area contributed by atoms with Crippen molar-refractivity contribution in [1.82, 2.24) is 0 Å². The fraction of sp³-hybridized carbons (Fsp3) is 0.684. The Morgan fingerprint density at radius 2 is 1.43 bits per heavy atom. The molecule has 0 aromatic heterocycles. The van der Waals surface area contributed by atoms with Crippen molar-refractivity contribution >= 4 is 0 Å². The number of aliphatic hydroxyl groups is 1. The second-order valence-corrected chi connectivity index (χ2v) is 6.65. The minimum atomic E-state index is -0.414. The Bertz CT molecular complexity index is 370. The number of aryl methyl sites for hydroxylation is 2. The molecule has 1 rings (SSSR count). The van der Waals surface area contributed by atoms with E-state index in [-0.39, 0.29) is 6.61 Å².